The highest BCUT2D eigenvalue weighted by Gasteiger charge is 2.34. The van der Waals surface area contributed by atoms with Crippen LogP contribution in [0.1, 0.15) is 54.2 Å². The molecule has 0 aliphatic carbocycles. The van der Waals surface area contributed by atoms with Gasteiger partial charge < -0.3 is 14.4 Å². The summed E-state index contributed by atoms with van der Waals surface area (Å²) in [5.41, 5.74) is 2.94. The molecule has 3 aromatic rings. The number of ether oxygens (including phenoxy) is 2. The number of carbonyl (C=O) groups is 1. The molecule has 0 unspecified atom stereocenters. The van der Waals surface area contributed by atoms with Gasteiger partial charge in [-0.1, -0.05) is 30.3 Å². The number of fused-ring (bicyclic) bond motifs is 1. The largest absolute Gasteiger partial charge is 0.454 e. The summed E-state index contributed by atoms with van der Waals surface area (Å²) in [6.45, 7) is 11.1. The van der Waals surface area contributed by atoms with Crippen molar-refractivity contribution >= 4 is 15.7 Å². The Bertz CT molecular complexity index is 1550. The second kappa shape index (κ2) is 11.7. The Morgan fingerprint density at radius 1 is 0.881 bits per heavy atom. The molecule has 6 rings (SSSR count). The van der Waals surface area contributed by atoms with E-state index in [1.54, 1.807) is 24.3 Å². The average Bonchev–Trinajstić information content (AvgIpc) is 3.49. The number of aryl methyl sites for hydroxylation is 1. The second-order valence-electron chi connectivity index (χ2n) is 11.7. The van der Waals surface area contributed by atoms with E-state index in [0.717, 1.165) is 62.3 Å². The summed E-state index contributed by atoms with van der Waals surface area (Å²) < 4.78 is 37.2. The average molecular weight is 590 g/mol. The molecule has 2 fully saturated rings. The quantitative estimate of drug-likeness (QED) is 0.404. The van der Waals surface area contributed by atoms with Gasteiger partial charge in [-0.05, 0) is 75.1 Å². The molecule has 1 amide bonds. The molecule has 0 saturated carbocycles. The highest BCUT2D eigenvalue weighted by atomic mass is 32.2. The predicted octanol–water partition coefficient (Wildman–Crippen LogP) is 4.93. The van der Waals surface area contributed by atoms with Gasteiger partial charge in [0.15, 0.2) is 11.5 Å². The third-order valence-electron chi connectivity index (χ3n) is 9.18. The van der Waals surface area contributed by atoms with Crippen LogP contribution in [0.3, 0.4) is 0 Å². The van der Waals surface area contributed by atoms with Gasteiger partial charge in [0.1, 0.15) is 0 Å². The molecule has 0 aromatic heterocycles. The van der Waals surface area contributed by atoms with Crippen LogP contribution in [-0.2, 0) is 9.84 Å². The number of hydrogen-bond acceptors (Lipinski definition) is 7. The molecular weight excluding hydrogens is 550 g/mol. The minimum Gasteiger partial charge on any atom is -0.454 e. The smallest absolute Gasteiger partial charge is 0.254 e. The molecule has 0 bridgehead atoms. The Labute approximate surface area is 248 Å². The number of benzene rings is 3. The van der Waals surface area contributed by atoms with Crippen molar-refractivity contribution in [2.45, 2.75) is 61.5 Å². The zero-order valence-corrected chi connectivity index (χ0v) is 25.3. The van der Waals surface area contributed by atoms with Crippen molar-refractivity contribution in [2.75, 3.05) is 39.5 Å². The first-order chi connectivity index (χ1) is 20.2. The molecule has 0 N–H and O–H groups in total. The fraction of sp³-hybridized carbons (Fsp3) is 0.424. The van der Waals surface area contributed by atoms with Crippen molar-refractivity contribution in [3.8, 4) is 11.5 Å². The topological polar surface area (TPSA) is 79.4 Å². The van der Waals surface area contributed by atoms with E-state index in [0.29, 0.717) is 23.6 Å². The number of carbonyl (C=O) groups excluding carboxylic acids is 1. The fourth-order valence-electron chi connectivity index (χ4n) is 6.62. The highest BCUT2D eigenvalue weighted by Crippen LogP contribution is 2.36. The van der Waals surface area contributed by atoms with Gasteiger partial charge in [-0.15, -0.1) is 0 Å². The van der Waals surface area contributed by atoms with E-state index in [1.165, 1.54) is 6.07 Å². The number of piperazine rings is 1. The predicted molar refractivity (Wildman–Crippen MR) is 161 cm³/mol. The normalized spacial score (nSPS) is 20.9. The fourth-order valence-corrected chi connectivity index (χ4v) is 7.90. The summed E-state index contributed by atoms with van der Waals surface area (Å²) >= 11 is 0. The number of rotatable bonds is 6. The minimum atomic E-state index is -3.67. The van der Waals surface area contributed by atoms with Crippen LogP contribution in [-0.4, -0.2) is 80.6 Å². The van der Waals surface area contributed by atoms with Crippen LogP contribution in [0.5, 0.6) is 11.5 Å². The lowest BCUT2D eigenvalue weighted by Gasteiger charge is -2.47. The van der Waals surface area contributed by atoms with Crippen LogP contribution in [0.4, 0.5) is 0 Å². The van der Waals surface area contributed by atoms with Crippen LogP contribution >= 0.6 is 0 Å². The molecule has 3 aliphatic heterocycles. The maximum Gasteiger partial charge on any atom is 0.254 e. The Morgan fingerprint density at radius 3 is 2.29 bits per heavy atom. The van der Waals surface area contributed by atoms with Crippen molar-refractivity contribution in [3.63, 3.8) is 0 Å². The molecule has 2 atom stereocenters. The molecule has 3 aromatic carbocycles. The molecule has 9 heteroatoms. The number of piperidine rings is 1. The standard InChI is InChI=1S/C33H39N3O5S/c1-23-6-4-5-7-30(23)33(37)34-16-14-27(15-17-34)35-18-19-36(24(2)21-35)25(3)26-8-10-28(11-9-26)42(38,39)29-12-13-31-32(20-29)41-22-40-31/h4-13,20,24-25,27H,14-19,21-22H2,1-3H3/t24-,25+/m1/s1. The van der Waals surface area contributed by atoms with E-state index in [2.05, 4.69) is 23.6 Å². The summed E-state index contributed by atoms with van der Waals surface area (Å²) in [4.78, 5) is 20.6. The molecule has 0 spiro atoms. The molecule has 2 saturated heterocycles. The first kappa shape index (κ1) is 28.7. The molecule has 3 aliphatic rings. The van der Waals surface area contributed by atoms with Gasteiger partial charge in [-0.2, -0.15) is 0 Å². The third kappa shape index (κ3) is 5.53. The van der Waals surface area contributed by atoms with E-state index in [9.17, 15) is 13.2 Å². The van der Waals surface area contributed by atoms with Crippen LogP contribution < -0.4 is 9.47 Å². The third-order valence-corrected chi connectivity index (χ3v) is 10.9. The summed E-state index contributed by atoms with van der Waals surface area (Å²) in [5, 5.41) is 0. The Kier molecular flexibility index (Phi) is 8.00. The van der Waals surface area contributed by atoms with Crippen LogP contribution in [0, 0.1) is 6.92 Å². The SMILES string of the molecule is Cc1ccccc1C(=O)N1CCC(N2CCN([C@@H](C)c3ccc(S(=O)(=O)c4ccc5c(c4)OCO5)cc3)[C@H](C)C2)CC1. The number of hydrogen-bond donors (Lipinski definition) is 0. The Balaban J connectivity index is 1.05. The van der Waals surface area contributed by atoms with Crippen molar-refractivity contribution in [1.82, 2.24) is 14.7 Å². The Hall–Kier alpha value is -3.40. The highest BCUT2D eigenvalue weighted by molar-refractivity contribution is 7.91. The molecule has 0 radical (unpaired) electrons. The minimum absolute atomic E-state index is 0.104. The van der Waals surface area contributed by atoms with Gasteiger partial charge in [-0.25, -0.2) is 8.42 Å². The van der Waals surface area contributed by atoms with E-state index >= 15 is 0 Å². The number of amides is 1. The van der Waals surface area contributed by atoms with Gasteiger partial charge >= 0.3 is 0 Å². The number of likely N-dealkylation sites (tertiary alicyclic amines) is 1. The zero-order valence-electron chi connectivity index (χ0n) is 24.5. The lowest BCUT2D eigenvalue weighted by Crippen LogP contribution is -2.57. The molecule has 3 heterocycles. The first-order valence-corrected chi connectivity index (χ1v) is 16.3. The van der Waals surface area contributed by atoms with Crippen molar-refractivity contribution < 1.29 is 22.7 Å². The molecule has 8 nitrogen and oxygen atoms in total. The maximum absolute atomic E-state index is 13.3. The van der Waals surface area contributed by atoms with Crippen LogP contribution in [0.15, 0.2) is 76.5 Å². The second-order valence-corrected chi connectivity index (χ2v) is 13.6. The van der Waals surface area contributed by atoms with Gasteiger partial charge in [-0.3, -0.25) is 14.6 Å². The van der Waals surface area contributed by atoms with E-state index in [-0.39, 0.29) is 28.5 Å². The van der Waals surface area contributed by atoms with E-state index < -0.39 is 9.84 Å². The van der Waals surface area contributed by atoms with Gasteiger partial charge in [0, 0.05) is 62.5 Å². The summed E-state index contributed by atoms with van der Waals surface area (Å²) in [6, 6.07) is 20.9. The van der Waals surface area contributed by atoms with Crippen molar-refractivity contribution in [2.24, 2.45) is 0 Å². The Morgan fingerprint density at radius 2 is 1.57 bits per heavy atom. The van der Waals surface area contributed by atoms with Crippen LogP contribution in [0.2, 0.25) is 0 Å². The van der Waals surface area contributed by atoms with Gasteiger partial charge in [0.25, 0.3) is 5.91 Å². The summed E-state index contributed by atoms with van der Waals surface area (Å²) in [6.07, 6.45) is 2.00. The van der Waals surface area contributed by atoms with E-state index in [1.807, 2.05) is 48.2 Å². The molecule has 222 valence electrons. The van der Waals surface area contributed by atoms with Gasteiger partial charge in [0.2, 0.25) is 16.6 Å². The van der Waals surface area contributed by atoms with Crippen molar-refractivity contribution in [1.29, 1.82) is 0 Å². The van der Waals surface area contributed by atoms with Crippen molar-refractivity contribution in [3.05, 3.63) is 83.4 Å². The summed E-state index contributed by atoms with van der Waals surface area (Å²) in [7, 11) is -3.67. The first-order valence-electron chi connectivity index (χ1n) is 14.8. The lowest BCUT2D eigenvalue weighted by molar-refractivity contribution is 0.0135. The van der Waals surface area contributed by atoms with Gasteiger partial charge in [0.05, 0.1) is 9.79 Å². The lowest BCUT2D eigenvalue weighted by atomic mass is 9.98. The van der Waals surface area contributed by atoms with E-state index in [4.69, 9.17) is 9.47 Å². The molecular formula is C33H39N3O5S. The number of sulfone groups is 1. The molecule has 42 heavy (non-hydrogen) atoms. The monoisotopic (exact) mass is 589 g/mol. The maximum atomic E-state index is 13.3. The van der Waals surface area contributed by atoms with Crippen LogP contribution in [0.25, 0.3) is 0 Å². The summed E-state index contributed by atoms with van der Waals surface area (Å²) in [5.74, 6) is 1.16. The number of nitrogens with zero attached hydrogens (tertiary/aromatic N) is 3. The zero-order chi connectivity index (χ0) is 29.4.